The zero-order valence-electron chi connectivity index (χ0n) is 11.6. The van der Waals surface area contributed by atoms with Crippen LogP contribution < -0.4 is 5.32 Å². The quantitative estimate of drug-likeness (QED) is 0.909. The summed E-state index contributed by atoms with van der Waals surface area (Å²) in [5, 5.41) is 3.84. The number of benzene rings is 1. The molecule has 0 atom stereocenters. The van der Waals surface area contributed by atoms with Crippen molar-refractivity contribution in [2.45, 2.75) is 6.92 Å². The molecule has 0 radical (unpaired) electrons. The van der Waals surface area contributed by atoms with Crippen LogP contribution in [0.1, 0.15) is 16.1 Å². The maximum atomic E-state index is 12.2. The number of hydrogen-bond acceptors (Lipinski definition) is 3. The Hall–Kier alpha value is -1.94. The fourth-order valence-corrected chi connectivity index (χ4v) is 1.98. The van der Waals surface area contributed by atoms with Crippen LogP contribution in [0.15, 0.2) is 30.3 Å². The van der Waals surface area contributed by atoms with Crippen LogP contribution in [0, 0.1) is 6.92 Å². The first-order valence-electron chi connectivity index (χ1n) is 6.37. The van der Waals surface area contributed by atoms with Gasteiger partial charge in [0.2, 0.25) is 0 Å². The highest BCUT2D eigenvalue weighted by Crippen LogP contribution is 2.17. The van der Waals surface area contributed by atoms with Crippen LogP contribution in [0.3, 0.4) is 0 Å². The molecule has 1 heterocycles. The van der Waals surface area contributed by atoms with Gasteiger partial charge in [0.25, 0.3) is 5.91 Å². The molecule has 2 aromatic rings. The van der Waals surface area contributed by atoms with Crippen molar-refractivity contribution in [1.82, 2.24) is 15.2 Å². The summed E-state index contributed by atoms with van der Waals surface area (Å²) in [6, 6.07) is 9.56. The summed E-state index contributed by atoms with van der Waals surface area (Å²) in [5.74, 6) is -0.0384. The van der Waals surface area contributed by atoms with E-state index in [9.17, 15) is 4.79 Å². The Morgan fingerprint density at radius 3 is 2.79 bits per heavy atom. The van der Waals surface area contributed by atoms with Crippen molar-refractivity contribution in [3.63, 3.8) is 0 Å². The summed E-state index contributed by atoms with van der Waals surface area (Å²) in [4.78, 5) is 18.7. The third-order valence-corrected chi connectivity index (χ3v) is 2.93. The Morgan fingerprint density at radius 1 is 1.32 bits per heavy atom. The number of amides is 1. The van der Waals surface area contributed by atoms with Crippen LogP contribution in [-0.2, 0) is 0 Å². The minimum Gasteiger partial charge on any atom is -0.351 e. The van der Waals surface area contributed by atoms with Crippen LogP contribution in [0.25, 0.3) is 10.9 Å². The largest absolute Gasteiger partial charge is 0.351 e. The van der Waals surface area contributed by atoms with E-state index < -0.39 is 0 Å². The van der Waals surface area contributed by atoms with Crippen molar-refractivity contribution >= 4 is 16.8 Å². The summed E-state index contributed by atoms with van der Waals surface area (Å²) >= 11 is 0. The van der Waals surface area contributed by atoms with Crippen LogP contribution in [0.4, 0.5) is 0 Å². The SMILES string of the molecule is Cc1cc(C(=O)NCCN(C)C)c2ccccc2n1. The van der Waals surface area contributed by atoms with Gasteiger partial charge in [0.15, 0.2) is 0 Å². The molecule has 0 spiro atoms. The predicted octanol–water partition coefficient (Wildman–Crippen LogP) is 1.83. The predicted molar refractivity (Wildman–Crippen MR) is 77.4 cm³/mol. The van der Waals surface area contributed by atoms with E-state index in [2.05, 4.69) is 10.3 Å². The molecule has 0 unspecified atom stereocenters. The Balaban J connectivity index is 2.26. The molecule has 1 N–H and O–H groups in total. The van der Waals surface area contributed by atoms with Crippen molar-refractivity contribution in [2.75, 3.05) is 27.2 Å². The van der Waals surface area contributed by atoms with Crippen LogP contribution >= 0.6 is 0 Å². The normalized spacial score (nSPS) is 10.9. The fourth-order valence-electron chi connectivity index (χ4n) is 1.98. The van der Waals surface area contributed by atoms with E-state index in [1.165, 1.54) is 0 Å². The molecule has 19 heavy (non-hydrogen) atoms. The van der Waals surface area contributed by atoms with Crippen molar-refractivity contribution < 1.29 is 4.79 Å². The number of pyridine rings is 1. The van der Waals surface area contributed by atoms with Gasteiger partial charge in [0, 0.05) is 24.2 Å². The molecule has 0 bridgehead atoms. The molecule has 0 fully saturated rings. The summed E-state index contributed by atoms with van der Waals surface area (Å²) in [6.07, 6.45) is 0. The van der Waals surface area contributed by atoms with Gasteiger partial charge in [-0.05, 0) is 33.2 Å². The number of nitrogens with one attached hydrogen (secondary N) is 1. The first kappa shape index (κ1) is 13.5. The average molecular weight is 257 g/mol. The lowest BCUT2D eigenvalue weighted by Crippen LogP contribution is -2.31. The topological polar surface area (TPSA) is 45.2 Å². The van der Waals surface area contributed by atoms with E-state index in [0.29, 0.717) is 12.1 Å². The number of carbonyl (C=O) groups excluding carboxylic acids is 1. The molecule has 4 nitrogen and oxygen atoms in total. The lowest BCUT2D eigenvalue weighted by atomic mass is 10.1. The van der Waals surface area contributed by atoms with Gasteiger partial charge < -0.3 is 10.2 Å². The Morgan fingerprint density at radius 2 is 2.05 bits per heavy atom. The van der Waals surface area contributed by atoms with E-state index in [0.717, 1.165) is 23.1 Å². The van der Waals surface area contributed by atoms with E-state index >= 15 is 0 Å². The number of hydrogen-bond donors (Lipinski definition) is 1. The van der Waals surface area contributed by atoms with Crippen molar-refractivity contribution in [1.29, 1.82) is 0 Å². The number of para-hydroxylation sites is 1. The Labute approximate surface area is 113 Å². The van der Waals surface area contributed by atoms with E-state index in [4.69, 9.17) is 0 Å². The molecule has 1 aromatic carbocycles. The highest BCUT2D eigenvalue weighted by atomic mass is 16.1. The van der Waals surface area contributed by atoms with Gasteiger partial charge in [-0.2, -0.15) is 0 Å². The maximum absolute atomic E-state index is 12.2. The highest BCUT2D eigenvalue weighted by molar-refractivity contribution is 6.06. The fraction of sp³-hybridized carbons (Fsp3) is 0.333. The molecule has 0 aliphatic carbocycles. The molecular weight excluding hydrogens is 238 g/mol. The van der Waals surface area contributed by atoms with Gasteiger partial charge in [0.1, 0.15) is 0 Å². The lowest BCUT2D eigenvalue weighted by molar-refractivity contribution is 0.0952. The van der Waals surface area contributed by atoms with E-state index in [-0.39, 0.29) is 5.91 Å². The van der Waals surface area contributed by atoms with E-state index in [1.807, 2.05) is 56.3 Å². The van der Waals surface area contributed by atoms with Gasteiger partial charge in [-0.3, -0.25) is 9.78 Å². The van der Waals surface area contributed by atoms with Gasteiger partial charge in [-0.25, -0.2) is 0 Å². The second kappa shape index (κ2) is 5.80. The summed E-state index contributed by atoms with van der Waals surface area (Å²) in [5.41, 5.74) is 2.42. The Bertz CT molecular complexity index is 593. The van der Waals surface area contributed by atoms with Crippen molar-refractivity contribution in [2.24, 2.45) is 0 Å². The second-order valence-electron chi connectivity index (χ2n) is 4.89. The molecule has 0 aliphatic rings. The minimum atomic E-state index is -0.0384. The molecule has 0 saturated carbocycles. The van der Waals surface area contributed by atoms with Gasteiger partial charge in [-0.1, -0.05) is 18.2 Å². The first-order valence-corrected chi connectivity index (χ1v) is 6.37. The molecule has 1 aromatic heterocycles. The zero-order valence-corrected chi connectivity index (χ0v) is 11.6. The number of aromatic nitrogens is 1. The average Bonchev–Trinajstić information content (AvgIpc) is 2.37. The van der Waals surface area contributed by atoms with Gasteiger partial charge >= 0.3 is 0 Å². The monoisotopic (exact) mass is 257 g/mol. The molecule has 1 amide bonds. The third kappa shape index (κ3) is 3.29. The second-order valence-corrected chi connectivity index (χ2v) is 4.89. The van der Waals surface area contributed by atoms with Crippen molar-refractivity contribution in [3.8, 4) is 0 Å². The standard InChI is InChI=1S/C15H19N3O/c1-11-10-13(15(19)16-8-9-18(2)3)12-6-4-5-7-14(12)17-11/h4-7,10H,8-9H2,1-3H3,(H,16,19). The molecule has 2 rings (SSSR count). The minimum absolute atomic E-state index is 0.0384. The summed E-state index contributed by atoms with van der Waals surface area (Å²) in [6.45, 7) is 3.37. The van der Waals surface area contributed by atoms with E-state index in [1.54, 1.807) is 0 Å². The van der Waals surface area contributed by atoms with Crippen LogP contribution in [0.5, 0.6) is 0 Å². The lowest BCUT2D eigenvalue weighted by Gasteiger charge is -2.12. The molecule has 0 saturated heterocycles. The number of fused-ring (bicyclic) bond motifs is 1. The molecule has 4 heteroatoms. The number of likely N-dealkylation sites (N-methyl/N-ethyl adjacent to an activating group) is 1. The zero-order chi connectivity index (χ0) is 13.8. The molecular formula is C15H19N3O. The molecule has 0 aliphatic heterocycles. The number of carbonyl (C=O) groups is 1. The maximum Gasteiger partial charge on any atom is 0.252 e. The summed E-state index contributed by atoms with van der Waals surface area (Å²) in [7, 11) is 3.97. The smallest absolute Gasteiger partial charge is 0.252 e. The van der Waals surface area contributed by atoms with Gasteiger partial charge in [0.05, 0.1) is 11.1 Å². The number of aryl methyl sites for hydroxylation is 1. The van der Waals surface area contributed by atoms with Crippen LogP contribution in [0.2, 0.25) is 0 Å². The first-order chi connectivity index (χ1) is 9.08. The molecule has 100 valence electrons. The number of rotatable bonds is 4. The van der Waals surface area contributed by atoms with Gasteiger partial charge in [-0.15, -0.1) is 0 Å². The van der Waals surface area contributed by atoms with Crippen LogP contribution in [-0.4, -0.2) is 43.0 Å². The highest BCUT2D eigenvalue weighted by Gasteiger charge is 2.11. The number of nitrogens with zero attached hydrogens (tertiary/aromatic N) is 2. The van der Waals surface area contributed by atoms with Crippen molar-refractivity contribution in [3.05, 3.63) is 41.6 Å². The summed E-state index contributed by atoms with van der Waals surface area (Å²) < 4.78 is 0. The Kier molecular flexibility index (Phi) is 4.12. The third-order valence-electron chi connectivity index (χ3n) is 2.93.